The van der Waals surface area contributed by atoms with Crippen LogP contribution in [0.2, 0.25) is 0 Å². The molecule has 4 aliphatic rings. The van der Waals surface area contributed by atoms with Crippen LogP contribution < -0.4 is 0 Å². The van der Waals surface area contributed by atoms with E-state index in [0.717, 1.165) is 37.0 Å². The van der Waals surface area contributed by atoms with Crippen molar-refractivity contribution in [1.82, 2.24) is 0 Å². The first kappa shape index (κ1) is 19.0. The van der Waals surface area contributed by atoms with Gasteiger partial charge in [-0.05, 0) is 74.2 Å². The van der Waals surface area contributed by atoms with E-state index < -0.39 is 0 Å². The molecule has 0 saturated heterocycles. The molecule has 0 amide bonds. The molecule has 0 aromatic heterocycles. The van der Waals surface area contributed by atoms with E-state index >= 15 is 0 Å². The zero-order chi connectivity index (χ0) is 18.0. The highest BCUT2D eigenvalue weighted by atomic mass is 16.5. The third kappa shape index (κ3) is 3.42. The van der Waals surface area contributed by atoms with Gasteiger partial charge >= 0.3 is 0 Å². The van der Waals surface area contributed by atoms with Crippen LogP contribution in [0.15, 0.2) is 23.0 Å². The molecule has 4 rings (SSSR count). The smallest absolute Gasteiger partial charge is 0.0959 e. The van der Waals surface area contributed by atoms with E-state index in [0.29, 0.717) is 0 Å². The molecule has 0 bridgehead atoms. The van der Waals surface area contributed by atoms with E-state index in [9.17, 15) is 5.11 Å². The lowest BCUT2D eigenvalue weighted by atomic mass is 9.49. The van der Waals surface area contributed by atoms with E-state index in [1.165, 1.54) is 44.3 Å². The van der Waals surface area contributed by atoms with Crippen molar-refractivity contribution in [1.29, 1.82) is 0 Å². The van der Waals surface area contributed by atoms with Crippen LogP contribution in [-0.4, -0.2) is 32.5 Å². The third-order valence-electron chi connectivity index (χ3n) is 7.51. The third-order valence-corrected chi connectivity index (χ3v) is 7.51. The monoisotopic (exact) mass is 348 g/mol. The average molecular weight is 349 g/mol. The number of ether oxygens (including phenoxy) is 2. The summed E-state index contributed by atoms with van der Waals surface area (Å²) in [6, 6.07) is 0. The molecule has 25 heavy (non-hydrogen) atoms. The number of rotatable bonds is 1. The number of hydrogen-bond donors (Lipinski definition) is 1. The van der Waals surface area contributed by atoms with Gasteiger partial charge in [-0.2, -0.15) is 0 Å². The summed E-state index contributed by atoms with van der Waals surface area (Å²) in [5.41, 5.74) is 3.62. The topological polar surface area (TPSA) is 38.7 Å². The molecule has 4 aliphatic carbocycles. The summed E-state index contributed by atoms with van der Waals surface area (Å²) in [7, 11) is 5.05. The number of aliphatic hydroxyl groups excluding tert-OH is 1. The van der Waals surface area contributed by atoms with E-state index in [1.807, 2.05) is 0 Å². The number of aliphatic hydroxyl groups is 1. The molecule has 0 radical (unpaired) electrons. The van der Waals surface area contributed by atoms with Crippen LogP contribution in [0.25, 0.3) is 0 Å². The quantitative estimate of drug-likeness (QED) is 0.688. The van der Waals surface area contributed by atoms with Crippen LogP contribution >= 0.6 is 0 Å². The van der Waals surface area contributed by atoms with E-state index in [1.54, 1.807) is 32.5 Å². The van der Waals surface area contributed by atoms with E-state index in [4.69, 9.17) is 4.74 Å². The van der Waals surface area contributed by atoms with Crippen molar-refractivity contribution < 1.29 is 14.6 Å². The summed E-state index contributed by atoms with van der Waals surface area (Å²) in [6.07, 6.45) is 13.1. The summed E-state index contributed by atoms with van der Waals surface area (Å²) in [5, 5.41) is 10.6. The van der Waals surface area contributed by atoms with Crippen LogP contribution in [0.1, 0.15) is 64.7 Å². The maximum Gasteiger partial charge on any atom is 0.0959 e. The highest BCUT2D eigenvalue weighted by molar-refractivity contribution is 5.32. The minimum Gasteiger partial charge on any atom is -0.501 e. The molecule has 0 aromatic carbocycles. The molecule has 142 valence electrons. The Kier molecular flexibility index (Phi) is 5.95. The van der Waals surface area contributed by atoms with Crippen LogP contribution in [0.5, 0.6) is 0 Å². The van der Waals surface area contributed by atoms with Crippen LogP contribution in [0.4, 0.5) is 0 Å². The van der Waals surface area contributed by atoms with E-state index in [2.05, 4.69) is 17.7 Å². The number of fused-ring (bicyclic) bond motifs is 4. The molecule has 5 unspecified atom stereocenters. The SMILES string of the molecule is COC.COC1=CCC2=C(CCC3C2CCC2(C)C(O)CCCC32)C1. The summed E-state index contributed by atoms with van der Waals surface area (Å²) >= 11 is 0. The molecule has 1 N–H and O–H groups in total. The molecule has 3 nitrogen and oxygen atoms in total. The van der Waals surface area contributed by atoms with Gasteiger partial charge in [0.2, 0.25) is 0 Å². The first-order valence-corrected chi connectivity index (χ1v) is 10.1. The Morgan fingerprint density at radius 3 is 2.60 bits per heavy atom. The molecule has 3 heteroatoms. The van der Waals surface area contributed by atoms with Gasteiger partial charge in [0, 0.05) is 20.6 Å². The number of hydrogen-bond acceptors (Lipinski definition) is 3. The van der Waals surface area contributed by atoms with Gasteiger partial charge in [-0.1, -0.05) is 24.5 Å². The summed E-state index contributed by atoms with van der Waals surface area (Å²) in [5.74, 6) is 3.54. The highest BCUT2D eigenvalue weighted by Gasteiger charge is 2.52. The molecule has 0 aromatic rings. The highest BCUT2D eigenvalue weighted by Crippen LogP contribution is 2.59. The Bertz CT molecular complexity index is 535. The second-order valence-corrected chi connectivity index (χ2v) is 8.70. The van der Waals surface area contributed by atoms with Crippen molar-refractivity contribution in [3.8, 4) is 0 Å². The van der Waals surface area contributed by atoms with Gasteiger partial charge < -0.3 is 14.6 Å². The lowest BCUT2D eigenvalue weighted by Crippen LogP contribution is -2.51. The van der Waals surface area contributed by atoms with Gasteiger partial charge in [0.1, 0.15) is 0 Å². The Hall–Kier alpha value is -0.800. The van der Waals surface area contributed by atoms with E-state index in [-0.39, 0.29) is 11.5 Å². The van der Waals surface area contributed by atoms with Crippen LogP contribution in [0.3, 0.4) is 0 Å². The predicted octanol–water partition coefficient (Wildman–Crippen LogP) is 4.86. The van der Waals surface area contributed by atoms with Crippen molar-refractivity contribution in [3.63, 3.8) is 0 Å². The average Bonchev–Trinajstić information content (AvgIpc) is 2.62. The van der Waals surface area contributed by atoms with Gasteiger partial charge in [-0.3, -0.25) is 0 Å². The molecule has 2 fully saturated rings. The minimum absolute atomic E-state index is 0.0612. The van der Waals surface area contributed by atoms with Crippen molar-refractivity contribution in [2.75, 3.05) is 21.3 Å². The fraction of sp³-hybridized carbons (Fsp3) is 0.818. The molecule has 0 aliphatic heterocycles. The van der Waals surface area contributed by atoms with Gasteiger partial charge in [-0.25, -0.2) is 0 Å². The Morgan fingerprint density at radius 1 is 1.12 bits per heavy atom. The first-order valence-electron chi connectivity index (χ1n) is 10.1. The van der Waals surface area contributed by atoms with Gasteiger partial charge in [-0.15, -0.1) is 0 Å². The summed E-state index contributed by atoms with van der Waals surface area (Å²) in [6.45, 7) is 2.38. The predicted molar refractivity (Wildman–Crippen MR) is 101 cm³/mol. The van der Waals surface area contributed by atoms with Crippen LogP contribution in [0, 0.1) is 23.2 Å². The molecule has 5 atom stereocenters. The Balaban J connectivity index is 0.000000569. The van der Waals surface area contributed by atoms with Crippen LogP contribution in [-0.2, 0) is 9.47 Å². The normalized spacial score (nSPS) is 40.0. The fourth-order valence-electron chi connectivity index (χ4n) is 6.21. The maximum atomic E-state index is 10.6. The van der Waals surface area contributed by atoms with Crippen molar-refractivity contribution in [2.45, 2.75) is 70.8 Å². The Labute approximate surface area is 153 Å². The lowest BCUT2D eigenvalue weighted by molar-refractivity contribution is -0.104. The second-order valence-electron chi connectivity index (χ2n) is 8.70. The number of allylic oxidation sites excluding steroid dienone is 3. The molecule has 2 saturated carbocycles. The zero-order valence-electron chi connectivity index (χ0n) is 16.5. The second kappa shape index (κ2) is 7.84. The van der Waals surface area contributed by atoms with Crippen molar-refractivity contribution in [3.05, 3.63) is 23.0 Å². The molecular weight excluding hydrogens is 312 g/mol. The number of methoxy groups -OCH3 is 2. The summed E-state index contributed by atoms with van der Waals surface area (Å²) < 4.78 is 9.74. The first-order chi connectivity index (χ1) is 12.0. The van der Waals surface area contributed by atoms with Crippen molar-refractivity contribution >= 4 is 0 Å². The largest absolute Gasteiger partial charge is 0.501 e. The molecule has 0 spiro atoms. The molecule has 0 heterocycles. The summed E-state index contributed by atoms with van der Waals surface area (Å²) in [4.78, 5) is 0. The van der Waals surface area contributed by atoms with Gasteiger partial charge in [0.15, 0.2) is 0 Å². The zero-order valence-corrected chi connectivity index (χ0v) is 16.5. The Morgan fingerprint density at radius 2 is 1.88 bits per heavy atom. The molecular formula is C22H36O3. The van der Waals surface area contributed by atoms with Crippen molar-refractivity contribution in [2.24, 2.45) is 23.2 Å². The minimum atomic E-state index is -0.0612. The fourth-order valence-corrected chi connectivity index (χ4v) is 6.21. The maximum absolute atomic E-state index is 10.6. The van der Waals surface area contributed by atoms with Gasteiger partial charge in [0.25, 0.3) is 0 Å². The van der Waals surface area contributed by atoms with Gasteiger partial charge in [0.05, 0.1) is 19.0 Å². The standard InChI is InChI=1S/C20H30O2.C2H6O/c1-20-11-10-16-15-9-7-14(22-2)12-13(15)6-8-17(16)18(20)4-3-5-19(20)21;1-3-2/h7,16-19,21H,3-6,8-12H2,1-2H3;1-2H3. The lowest BCUT2D eigenvalue weighted by Gasteiger charge is -2.56.